The Hall–Kier alpha value is -2.02. The number of primary amides is 1. The molecule has 2 rings (SSSR count). The van der Waals surface area contributed by atoms with E-state index in [-0.39, 0.29) is 12.2 Å². The van der Waals surface area contributed by atoms with Crippen LogP contribution in [0.15, 0.2) is 23.6 Å². The molecule has 1 aromatic heterocycles. The molecule has 0 radical (unpaired) electrons. The summed E-state index contributed by atoms with van der Waals surface area (Å²) < 4.78 is 39.0. The van der Waals surface area contributed by atoms with Crippen LogP contribution in [0.2, 0.25) is 0 Å². The van der Waals surface area contributed by atoms with Crippen molar-refractivity contribution < 1.29 is 18.0 Å². The Morgan fingerprint density at radius 1 is 1.16 bits per heavy atom. The van der Waals surface area contributed by atoms with Crippen LogP contribution >= 0.6 is 11.3 Å². The maximum Gasteiger partial charge on any atom is 0.249 e. The number of nitrogens with two attached hydrogens (primary N) is 1. The highest BCUT2D eigenvalue weighted by Crippen LogP contribution is 2.21. The first-order chi connectivity index (χ1) is 8.97. The lowest BCUT2D eigenvalue weighted by molar-refractivity contribution is 0.100. The summed E-state index contributed by atoms with van der Waals surface area (Å²) in [5, 5.41) is 4.20. The molecule has 0 saturated heterocycles. The number of rotatable bonds is 4. The first-order valence-electron chi connectivity index (χ1n) is 5.23. The van der Waals surface area contributed by atoms with E-state index in [1.807, 2.05) is 0 Å². The molecule has 3 N–H and O–H groups in total. The van der Waals surface area contributed by atoms with Crippen molar-refractivity contribution in [2.45, 2.75) is 6.54 Å². The van der Waals surface area contributed by atoms with E-state index < -0.39 is 23.4 Å². The number of benzene rings is 1. The third-order valence-corrected chi connectivity index (χ3v) is 3.34. The van der Waals surface area contributed by atoms with E-state index in [1.165, 1.54) is 11.3 Å². The average molecular weight is 286 g/mol. The van der Waals surface area contributed by atoms with Crippen LogP contribution in [-0.4, -0.2) is 5.91 Å². The van der Waals surface area contributed by atoms with E-state index in [4.69, 9.17) is 5.73 Å². The van der Waals surface area contributed by atoms with E-state index in [2.05, 4.69) is 5.32 Å². The van der Waals surface area contributed by atoms with Crippen LogP contribution < -0.4 is 11.1 Å². The molecule has 0 unspecified atom stereocenters. The standard InChI is InChI=1S/C12H9F3N2OS/c13-8-2-10(15)11(3-9(8)14)17-4-7-1-6(5-19-7)12(16)18/h1-3,5,17H,4H2,(H2,16,18). The van der Waals surface area contributed by atoms with Crippen LogP contribution in [0.3, 0.4) is 0 Å². The summed E-state index contributed by atoms with van der Waals surface area (Å²) in [5.41, 5.74) is 5.30. The number of hydrogen-bond acceptors (Lipinski definition) is 3. The number of thiophene rings is 1. The number of anilines is 1. The Labute approximate surface area is 110 Å². The van der Waals surface area contributed by atoms with Crippen LogP contribution in [0, 0.1) is 17.5 Å². The zero-order chi connectivity index (χ0) is 14.0. The maximum atomic E-state index is 13.3. The molecule has 1 amide bonds. The summed E-state index contributed by atoms with van der Waals surface area (Å²) in [5.74, 6) is -3.81. The minimum atomic E-state index is -1.24. The molecule has 2 aromatic rings. The minimum Gasteiger partial charge on any atom is -0.378 e. The number of hydrogen-bond donors (Lipinski definition) is 2. The third-order valence-electron chi connectivity index (χ3n) is 2.40. The molecule has 0 saturated carbocycles. The van der Waals surface area contributed by atoms with Gasteiger partial charge < -0.3 is 11.1 Å². The molecule has 0 bridgehead atoms. The fourth-order valence-electron chi connectivity index (χ4n) is 1.44. The largest absolute Gasteiger partial charge is 0.378 e. The first kappa shape index (κ1) is 13.4. The second-order valence-electron chi connectivity index (χ2n) is 3.77. The van der Waals surface area contributed by atoms with Crippen LogP contribution in [0.5, 0.6) is 0 Å². The zero-order valence-electron chi connectivity index (χ0n) is 9.54. The Morgan fingerprint density at radius 3 is 2.47 bits per heavy atom. The van der Waals surface area contributed by atoms with Crippen LogP contribution in [0.1, 0.15) is 15.2 Å². The zero-order valence-corrected chi connectivity index (χ0v) is 10.4. The second kappa shape index (κ2) is 5.31. The SMILES string of the molecule is NC(=O)c1csc(CNc2cc(F)c(F)cc2F)c1. The highest BCUT2D eigenvalue weighted by atomic mass is 32.1. The molecule has 19 heavy (non-hydrogen) atoms. The van der Waals surface area contributed by atoms with Gasteiger partial charge in [-0.25, -0.2) is 13.2 Å². The Bertz CT molecular complexity index is 627. The van der Waals surface area contributed by atoms with Crippen LogP contribution in [-0.2, 0) is 6.54 Å². The summed E-state index contributed by atoms with van der Waals surface area (Å²) in [4.78, 5) is 11.6. The molecule has 0 aliphatic heterocycles. The van der Waals surface area contributed by atoms with Gasteiger partial charge >= 0.3 is 0 Å². The highest BCUT2D eigenvalue weighted by molar-refractivity contribution is 7.10. The van der Waals surface area contributed by atoms with Gasteiger partial charge in [-0.2, -0.15) is 0 Å². The molecule has 0 spiro atoms. The summed E-state index contributed by atoms with van der Waals surface area (Å²) in [7, 11) is 0. The van der Waals surface area contributed by atoms with Gasteiger partial charge in [-0.1, -0.05) is 0 Å². The lowest BCUT2D eigenvalue weighted by atomic mass is 10.2. The molecule has 0 fully saturated rings. The van der Waals surface area contributed by atoms with Gasteiger partial charge in [0.2, 0.25) is 5.91 Å². The van der Waals surface area contributed by atoms with Gasteiger partial charge in [0.25, 0.3) is 0 Å². The van der Waals surface area contributed by atoms with E-state index in [9.17, 15) is 18.0 Å². The first-order valence-corrected chi connectivity index (χ1v) is 6.11. The highest BCUT2D eigenvalue weighted by Gasteiger charge is 2.10. The Morgan fingerprint density at radius 2 is 1.84 bits per heavy atom. The van der Waals surface area contributed by atoms with Gasteiger partial charge in [-0.3, -0.25) is 4.79 Å². The van der Waals surface area contributed by atoms with Crippen molar-refractivity contribution in [3.63, 3.8) is 0 Å². The Balaban J connectivity index is 2.09. The molecule has 3 nitrogen and oxygen atoms in total. The lowest BCUT2D eigenvalue weighted by Crippen LogP contribution is -2.09. The number of halogens is 3. The number of amides is 1. The molecule has 7 heteroatoms. The topological polar surface area (TPSA) is 55.1 Å². The predicted octanol–water partition coefficient (Wildman–Crippen LogP) is 2.88. The van der Waals surface area contributed by atoms with E-state index in [0.29, 0.717) is 11.6 Å². The van der Waals surface area contributed by atoms with Gasteiger partial charge in [0.15, 0.2) is 11.6 Å². The fraction of sp³-hybridized carbons (Fsp3) is 0.0833. The van der Waals surface area contributed by atoms with Gasteiger partial charge in [0, 0.05) is 28.9 Å². The molecule has 0 atom stereocenters. The molecule has 1 heterocycles. The summed E-state index contributed by atoms with van der Waals surface area (Å²) in [6.45, 7) is 0.180. The fourth-order valence-corrected chi connectivity index (χ4v) is 2.26. The molecule has 0 aliphatic rings. The summed E-state index contributed by atoms with van der Waals surface area (Å²) >= 11 is 1.26. The van der Waals surface area contributed by atoms with Gasteiger partial charge in [0.05, 0.1) is 11.3 Å². The molecule has 0 aliphatic carbocycles. The predicted molar refractivity (Wildman–Crippen MR) is 66.5 cm³/mol. The number of nitrogens with one attached hydrogen (secondary N) is 1. The monoisotopic (exact) mass is 286 g/mol. The Kier molecular flexibility index (Phi) is 3.75. The van der Waals surface area contributed by atoms with Crippen molar-refractivity contribution in [3.8, 4) is 0 Å². The molecule has 1 aromatic carbocycles. The van der Waals surface area contributed by atoms with E-state index in [1.54, 1.807) is 11.4 Å². The van der Waals surface area contributed by atoms with Crippen molar-refractivity contribution in [1.82, 2.24) is 0 Å². The van der Waals surface area contributed by atoms with E-state index in [0.717, 1.165) is 10.9 Å². The number of carbonyl (C=O) groups is 1. The second-order valence-corrected chi connectivity index (χ2v) is 4.76. The average Bonchev–Trinajstić information content (AvgIpc) is 2.81. The lowest BCUT2D eigenvalue weighted by Gasteiger charge is -2.06. The quantitative estimate of drug-likeness (QED) is 0.849. The van der Waals surface area contributed by atoms with Crippen LogP contribution in [0.25, 0.3) is 0 Å². The van der Waals surface area contributed by atoms with Crippen LogP contribution in [0.4, 0.5) is 18.9 Å². The van der Waals surface area contributed by atoms with Gasteiger partial charge in [-0.05, 0) is 6.07 Å². The summed E-state index contributed by atoms with van der Waals surface area (Å²) in [6.07, 6.45) is 0. The van der Waals surface area contributed by atoms with Gasteiger partial charge in [-0.15, -0.1) is 11.3 Å². The normalized spacial score (nSPS) is 10.5. The third kappa shape index (κ3) is 3.05. The number of carbonyl (C=O) groups excluding carboxylic acids is 1. The molecular formula is C12H9F3N2OS. The summed E-state index contributed by atoms with van der Waals surface area (Å²) in [6, 6.07) is 2.77. The van der Waals surface area contributed by atoms with Crippen molar-refractivity contribution in [2.75, 3.05) is 5.32 Å². The van der Waals surface area contributed by atoms with Crippen molar-refractivity contribution in [1.29, 1.82) is 0 Å². The van der Waals surface area contributed by atoms with Crippen molar-refractivity contribution >= 4 is 22.9 Å². The molecule has 100 valence electrons. The maximum absolute atomic E-state index is 13.3. The van der Waals surface area contributed by atoms with Gasteiger partial charge in [0.1, 0.15) is 5.82 Å². The van der Waals surface area contributed by atoms with Crippen molar-refractivity contribution in [2.24, 2.45) is 5.73 Å². The molecular weight excluding hydrogens is 277 g/mol. The van der Waals surface area contributed by atoms with E-state index >= 15 is 0 Å². The minimum absolute atomic E-state index is 0.145. The smallest absolute Gasteiger partial charge is 0.249 e. The van der Waals surface area contributed by atoms with Crippen molar-refractivity contribution in [3.05, 3.63) is 51.5 Å².